The van der Waals surface area contributed by atoms with Crippen LogP contribution in [0.4, 0.5) is 0 Å². The fourth-order valence-corrected chi connectivity index (χ4v) is 2.29. The molecule has 2 aromatic rings. The van der Waals surface area contributed by atoms with Crippen molar-refractivity contribution >= 4 is 11.9 Å². The van der Waals surface area contributed by atoms with E-state index in [1.165, 1.54) is 7.11 Å². The van der Waals surface area contributed by atoms with Crippen molar-refractivity contribution in [2.45, 2.75) is 13.0 Å². The summed E-state index contributed by atoms with van der Waals surface area (Å²) in [7, 11) is 1.31. The third-order valence-corrected chi connectivity index (χ3v) is 3.55. The van der Waals surface area contributed by atoms with Crippen LogP contribution in [-0.4, -0.2) is 30.4 Å². The second-order valence-corrected chi connectivity index (χ2v) is 5.19. The summed E-state index contributed by atoms with van der Waals surface area (Å²) >= 11 is 0. The van der Waals surface area contributed by atoms with E-state index in [4.69, 9.17) is 5.26 Å². The van der Waals surface area contributed by atoms with Crippen molar-refractivity contribution in [3.63, 3.8) is 0 Å². The van der Waals surface area contributed by atoms with Gasteiger partial charge in [0.25, 0.3) is 5.91 Å². The van der Waals surface area contributed by atoms with E-state index in [9.17, 15) is 9.59 Å². The molecule has 5 heteroatoms. The highest BCUT2D eigenvalue weighted by Gasteiger charge is 2.16. The first-order valence-electron chi connectivity index (χ1n) is 7.54. The van der Waals surface area contributed by atoms with Crippen molar-refractivity contribution in [2.24, 2.45) is 0 Å². The highest BCUT2D eigenvalue weighted by Crippen LogP contribution is 2.12. The highest BCUT2D eigenvalue weighted by atomic mass is 16.5. The molecule has 0 N–H and O–H groups in total. The van der Waals surface area contributed by atoms with E-state index in [-0.39, 0.29) is 12.3 Å². The SMILES string of the molecule is COC(=O)c1ccc(C(=O)N(CCC#N)Cc2ccccc2)cc1. The Morgan fingerprint density at radius 3 is 2.25 bits per heavy atom. The van der Waals surface area contributed by atoms with Gasteiger partial charge in [0.05, 0.1) is 25.2 Å². The van der Waals surface area contributed by atoms with Gasteiger partial charge >= 0.3 is 5.97 Å². The van der Waals surface area contributed by atoms with E-state index in [2.05, 4.69) is 10.8 Å². The number of carbonyl (C=O) groups is 2. The Labute approximate surface area is 141 Å². The van der Waals surface area contributed by atoms with Crippen molar-refractivity contribution in [3.8, 4) is 6.07 Å². The van der Waals surface area contributed by atoms with Gasteiger partial charge in [-0.15, -0.1) is 0 Å². The van der Waals surface area contributed by atoms with Crippen LogP contribution in [-0.2, 0) is 11.3 Å². The molecule has 0 unspecified atom stereocenters. The zero-order valence-electron chi connectivity index (χ0n) is 13.4. The van der Waals surface area contributed by atoms with Crippen LogP contribution < -0.4 is 0 Å². The number of esters is 1. The van der Waals surface area contributed by atoms with Crippen molar-refractivity contribution in [1.29, 1.82) is 5.26 Å². The predicted octanol–water partition coefficient (Wildman–Crippen LogP) is 3.03. The molecule has 0 radical (unpaired) electrons. The van der Waals surface area contributed by atoms with Gasteiger partial charge in [-0.25, -0.2) is 4.79 Å². The van der Waals surface area contributed by atoms with Crippen LogP contribution in [0.25, 0.3) is 0 Å². The summed E-state index contributed by atoms with van der Waals surface area (Å²) in [5.74, 6) is -0.620. The normalized spacial score (nSPS) is 9.83. The largest absolute Gasteiger partial charge is 0.465 e. The van der Waals surface area contributed by atoms with Crippen molar-refractivity contribution in [3.05, 3.63) is 71.3 Å². The second-order valence-electron chi connectivity index (χ2n) is 5.19. The van der Waals surface area contributed by atoms with Crippen LogP contribution in [0.1, 0.15) is 32.7 Å². The molecule has 0 atom stereocenters. The van der Waals surface area contributed by atoms with Gasteiger partial charge in [-0.05, 0) is 29.8 Å². The van der Waals surface area contributed by atoms with E-state index < -0.39 is 5.97 Å². The average Bonchev–Trinajstić information content (AvgIpc) is 2.65. The van der Waals surface area contributed by atoms with Gasteiger partial charge < -0.3 is 9.64 Å². The molecule has 0 aliphatic heterocycles. The van der Waals surface area contributed by atoms with Crippen molar-refractivity contribution < 1.29 is 14.3 Å². The standard InChI is InChI=1S/C19H18N2O3/c1-24-19(23)17-10-8-16(9-11-17)18(22)21(13-5-12-20)14-15-6-3-2-4-7-15/h2-4,6-11H,5,13-14H2,1H3. The number of ether oxygens (including phenoxy) is 1. The molecule has 2 aromatic carbocycles. The Kier molecular flexibility index (Phi) is 6.09. The molecule has 0 saturated carbocycles. The second kappa shape index (κ2) is 8.49. The predicted molar refractivity (Wildman–Crippen MR) is 89.2 cm³/mol. The van der Waals surface area contributed by atoms with E-state index in [1.54, 1.807) is 29.2 Å². The molecule has 0 aliphatic carbocycles. The topological polar surface area (TPSA) is 70.4 Å². The van der Waals surface area contributed by atoms with Gasteiger partial charge in [-0.1, -0.05) is 30.3 Å². The maximum absolute atomic E-state index is 12.7. The monoisotopic (exact) mass is 322 g/mol. The van der Waals surface area contributed by atoms with Crippen LogP contribution in [0, 0.1) is 11.3 Å². The lowest BCUT2D eigenvalue weighted by molar-refractivity contribution is 0.0599. The summed E-state index contributed by atoms with van der Waals surface area (Å²) in [4.78, 5) is 25.8. The maximum Gasteiger partial charge on any atom is 0.337 e. The third kappa shape index (κ3) is 4.43. The summed E-state index contributed by atoms with van der Waals surface area (Å²) in [5.41, 5.74) is 1.85. The number of carbonyl (C=O) groups excluding carboxylic acids is 2. The molecule has 24 heavy (non-hydrogen) atoms. The summed E-state index contributed by atoms with van der Waals surface area (Å²) in [6.07, 6.45) is 0.263. The number of nitriles is 1. The molecule has 0 spiro atoms. The lowest BCUT2D eigenvalue weighted by Crippen LogP contribution is -2.31. The molecular formula is C19H18N2O3. The number of hydrogen-bond acceptors (Lipinski definition) is 4. The van der Waals surface area contributed by atoms with Crippen LogP contribution in [0.5, 0.6) is 0 Å². The van der Waals surface area contributed by atoms with Gasteiger partial charge in [0.15, 0.2) is 0 Å². The van der Waals surface area contributed by atoms with E-state index in [0.717, 1.165) is 5.56 Å². The number of benzene rings is 2. The minimum atomic E-state index is -0.445. The van der Waals surface area contributed by atoms with Gasteiger partial charge in [0.2, 0.25) is 0 Å². The van der Waals surface area contributed by atoms with Crippen LogP contribution >= 0.6 is 0 Å². The quantitative estimate of drug-likeness (QED) is 0.767. The fraction of sp³-hybridized carbons (Fsp3) is 0.211. The highest BCUT2D eigenvalue weighted by molar-refractivity contribution is 5.96. The summed E-state index contributed by atoms with van der Waals surface area (Å²) in [6, 6.07) is 18.0. The van der Waals surface area contributed by atoms with E-state index in [1.807, 2.05) is 30.3 Å². The molecular weight excluding hydrogens is 304 g/mol. The number of rotatable bonds is 6. The first-order valence-corrected chi connectivity index (χ1v) is 7.54. The van der Waals surface area contributed by atoms with Gasteiger partial charge in [-0.2, -0.15) is 5.26 Å². The van der Waals surface area contributed by atoms with Crippen LogP contribution in [0.15, 0.2) is 54.6 Å². The molecule has 0 aliphatic rings. The fourth-order valence-electron chi connectivity index (χ4n) is 2.29. The van der Waals surface area contributed by atoms with Gasteiger partial charge in [-0.3, -0.25) is 4.79 Å². The first-order chi connectivity index (χ1) is 11.7. The maximum atomic E-state index is 12.7. The first kappa shape index (κ1) is 17.2. The number of amides is 1. The lowest BCUT2D eigenvalue weighted by atomic mass is 10.1. The van der Waals surface area contributed by atoms with Crippen LogP contribution in [0.3, 0.4) is 0 Å². The Bertz CT molecular complexity index is 733. The summed E-state index contributed by atoms with van der Waals surface area (Å²) < 4.78 is 4.65. The van der Waals surface area contributed by atoms with Crippen LogP contribution in [0.2, 0.25) is 0 Å². The summed E-state index contributed by atoms with van der Waals surface area (Å²) in [6.45, 7) is 0.781. The minimum absolute atomic E-state index is 0.175. The zero-order valence-corrected chi connectivity index (χ0v) is 13.4. The Balaban J connectivity index is 2.17. The molecule has 0 aromatic heterocycles. The van der Waals surface area contributed by atoms with E-state index >= 15 is 0 Å². The van der Waals surface area contributed by atoms with Crippen molar-refractivity contribution in [1.82, 2.24) is 4.90 Å². The van der Waals surface area contributed by atoms with Crippen molar-refractivity contribution in [2.75, 3.05) is 13.7 Å². The Morgan fingerprint density at radius 2 is 1.67 bits per heavy atom. The third-order valence-electron chi connectivity index (χ3n) is 3.55. The summed E-state index contributed by atoms with van der Waals surface area (Å²) in [5, 5.41) is 8.82. The average molecular weight is 322 g/mol. The molecule has 0 saturated heterocycles. The molecule has 0 fully saturated rings. The molecule has 0 bridgehead atoms. The number of nitrogens with zero attached hydrogens (tertiary/aromatic N) is 2. The van der Waals surface area contributed by atoms with Gasteiger partial charge in [0, 0.05) is 18.7 Å². The Morgan fingerprint density at radius 1 is 1.04 bits per heavy atom. The molecule has 0 heterocycles. The van der Waals surface area contributed by atoms with Gasteiger partial charge in [0.1, 0.15) is 0 Å². The lowest BCUT2D eigenvalue weighted by Gasteiger charge is -2.22. The number of methoxy groups -OCH3 is 1. The molecule has 122 valence electrons. The molecule has 1 amide bonds. The Hall–Kier alpha value is -3.13. The minimum Gasteiger partial charge on any atom is -0.465 e. The van der Waals surface area contributed by atoms with E-state index in [0.29, 0.717) is 24.2 Å². The smallest absolute Gasteiger partial charge is 0.337 e. The molecule has 5 nitrogen and oxygen atoms in total. The molecule has 2 rings (SSSR count). The number of hydrogen-bond donors (Lipinski definition) is 0. The zero-order chi connectivity index (χ0) is 17.4.